The van der Waals surface area contributed by atoms with Crippen molar-refractivity contribution < 1.29 is 91.7 Å². The van der Waals surface area contributed by atoms with Gasteiger partial charge in [0.05, 0.1) is 56.1 Å². The number of carboxylic acid groups (broad SMARTS) is 1. The standard InChI is InChI=1S/C27H32N4O4S.C21H27N3O5S.C20H25N3O5S.C13H21N3O.C8H7ClO4S.C7H9N.CH4O.CH4/c32-25(28-19-20-9-3-1-4-10-20)22-13-7-8-14-23(22)36(34,35)31-17-15-27(16-18-31)26(33)29-24(30-27)21-11-5-2-6-12-21;1-29-19(25)16-9-5-6-10-17(16)30(27,28)24-13-11-21(12-14-24)20(26)22-18(23-21)15-7-3-2-4-8-15;24-18(25)15-8-4-5-9-16(15)29(27,28)23-12-10-20(11-13-23)19(26)21-17(22-20)14-6-2-1-3-7-14;17-12-13(6-8-14-9-7-13)16-11(15-12)10-4-2-1-3-5-10;1-13-8(10)6-4-2-3-5-7(6)14(9,11)12;8-6-7-4-2-1-3-5-7;1-2;/h1,3-4,7-10,13-14,21H,2,5-6,11-12,15-19H2,(H,28,32)(H,29,30,33);5-6,9-10,15H,2-4,7-8,11-14H2,1H3,(H,22,23,26);4-5,8-9,14H,1-3,6-7,10-13H2,(H,24,25)(H,21,22,26);10,14H,1-9H2,(H,15,16,17);2-5H,1H3;1-5H,6,8H2;2H,1H3;1H4. The number of amides is 5. The van der Waals surface area contributed by atoms with Crippen LogP contribution in [0, 0.1) is 23.7 Å². The van der Waals surface area contributed by atoms with Gasteiger partial charge in [-0.3, -0.25) is 43.9 Å². The molecule has 0 atom stereocenters. The van der Waals surface area contributed by atoms with Crippen molar-refractivity contribution in [1.82, 2.24) is 44.8 Å². The number of piperidine rings is 4. The first-order chi connectivity index (χ1) is 65.3. The molecule has 5 amide bonds. The summed E-state index contributed by atoms with van der Waals surface area (Å²) in [5.41, 5.74) is 4.20. The Morgan fingerprint density at radius 3 is 0.956 bits per heavy atom. The highest BCUT2D eigenvalue weighted by Crippen LogP contribution is 2.42. The molecule has 8 fully saturated rings. The summed E-state index contributed by atoms with van der Waals surface area (Å²) in [5, 5.41) is 34.5. The first-order valence-corrected chi connectivity index (χ1v) is 53.5. The van der Waals surface area contributed by atoms with E-state index in [1.54, 1.807) is 24.3 Å². The molecule has 4 spiro atoms. The van der Waals surface area contributed by atoms with Crippen molar-refractivity contribution in [3.8, 4) is 0 Å². The van der Waals surface area contributed by atoms with Gasteiger partial charge in [-0.1, -0.05) is 194 Å². The zero-order valence-corrected chi connectivity index (χ0v) is 81.2. The number of hydrogen-bond acceptors (Lipinski definition) is 25. The molecule has 4 saturated carbocycles. The molecule has 8 heterocycles. The van der Waals surface area contributed by atoms with Gasteiger partial charge in [0, 0.05) is 93.8 Å². The number of hydrogen-bond donors (Lipinski definition) is 9. The van der Waals surface area contributed by atoms with Gasteiger partial charge >= 0.3 is 17.9 Å². The van der Waals surface area contributed by atoms with E-state index >= 15 is 0 Å². The maximum Gasteiger partial charge on any atom is 0.339 e. The summed E-state index contributed by atoms with van der Waals surface area (Å²) in [6.45, 7) is 3.73. The summed E-state index contributed by atoms with van der Waals surface area (Å²) < 4.78 is 115. The Bertz CT molecular complexity index is 5860. The number of rotatable bonds is 18. The van der Waals surface area contributed by atoms with E-state index in [0.29, 0.717) is 69.4 Å². The van der Waals surface area contributed by atoms with E-state index in [9.17, 15) is 77.1 Å². The molecule has 8 aliphatic heterocycles. The number of benzene rings is 6. The van der Waals surface area contributed by atoms with Crippen LogP contribution in [0.25, 0.3) is 0 Å². The topological polar surface area (TPSA) is 489 Å². The molecule has 0 aromatic heterocycles. The average Bonchev–Trinajstić information content (AvgIpc) is 1.68. The lowest BCUT2D eigenvalue weighted by atomic mass is 9.88. The maximum atomic E-state index is 13.6. The Balaban J connectivity index is 0.000000164. The van der Waals surface area contributed by atoms with E-state index in [1.165, 1.54) is 157 Å². The van der Waals surface area contributed by atoms with E-state index < -0.39 is 85.1 Å². The third kappa shape index (κ3) is 25.8. The number of aliphatic hydroxyl groups excluding tert-OH is 1. The van der Waals surface area contributed by atoms with E-state index in [2.05, 4.69) is 36.6 Å². The number of nitrogens with one attached hydrogen (secondary N) is 6. The van der Waals surface area contributed by atoms with Gasteiger partial charge in [-0.25, -0.2) is 48.1 Å². The summed E-state index contributed by atoms with van der Waals surface area (Å²) in [4.78, 5) is 117. The molecule has 0 bridgehead atoms. The van der Waals surface area contributed by atoms with Crippen molar-refractivity contribution in [2.24, 2.45) is 49.4 Å². The number of halogens is 1. The second-order valence-electron chi connectivity index (χ2n) is 35.8. The molecule has 10 N–H and O–H groups in total. The number of sulfonamides is 3. The quantitative estimate of drug-likeness (QED) is 0.0285. The van der Waals surface area contributed by atoms with Crippen LogP contribution in [0.2, 0.25) is 0 Å². The minimum Gasteiger partial charge on any atom is -0.478 e. The van der Waals surface area contributed by atoms with Crippen molar-refractivity contribution in [3.63, 3.8) is 0 Å². The Morgan fingerprint density at radius 1 is 0.394 bits per heavy atom. The highest BCUT2D eigenvalue weighted by molar-refractivity contribution is 8.13. The lowest BCUT2D eigenvalue weighted by Gasteiger charge is -2.35. The molecule has 6 aromatic rings. The normalized spacial score (nSPS) is 20.6. The number of aromatic carboxylic acids is 1. The number of aliphatic imine (C=N–C) groups is 4. The predicted molar refractivity (Wildman–Crippen MR) is 521 cm³/mol. The van der Waals surface area contributed by atoms with Gasteiger partial charge in [-0.05, 0) is 175 Å². The number of carbonyl (C=O) groups excluding carboxylic acids is 7. The smallest absolute Gasteiger partial charge is 0.339 e. The number of nitrogens with zero attached hydrogens (tertiary/aromatic N) is 7. The molecule has 34 nitrogen and oxygen atoms in total. The van der Waals surface area contributed by atoms with E-state index in [4.69, 9.17) is 46.2 Å². The highest BCUT2D eigenvalue weighted by atomic mass is 35.7. The molecule has 137 heavy (non-hydrogen) atoms. The van der Waals surface area contributed by atoms with Gasteiger partial charge in [0.25, 0.3) is 38.6 Å². The number of esters is 2. The minimum atomic E-state index is -3.96. The van der Waals surface area contributed by atoms with Gasteiger partial charge in [-0.15, -0.1) is 0 Å². The predicted octanol–water partition coefficient (Wildman–Crippen LogP) is 11.4. The van der Waals surface area contributed by atoms with Crippen LogP contribution in [0.5, 0.6) is 0 Å². The molecular weight excluding hydrogens is 1860 g/mol. The van der Waals surface area contributed by atoms with E-state index in [-0.39, 0.29) is 118 Å². The lowest BCUT2D eigenvalue weighted by Crippen LogP contribution is -2.50. The van der Waals surface area contributed by atoms with Crippen molar-refractivity contribution in [1.29, 1.82) is 0 Å². The van der Waals surface area contributed by atoms with Crippen molar-refractivity contribution in [2.75, 3.05) is 73.7 Å². The Hall–Kier alpha value is -10.4. The van der Waals surface area contributed by atoms with Crippen LogP contribution in [0.15, 0.2) is 197 Å². The summed E-state index contributed by atoms with van der Waals surface area (Å²) in [7, 11) is -7.18. The highest BCUT2D eigenvalue weighted by Gasteiger charge is 2.53. The Labute approximate surface area is 808 Å². The fourth-order valence-electron chi connectivity index (χ4n) is 19.5. The van der Waals surface area contributed by atoms with Crippen LogP contribution in [-0.4, -0.2) is 223 Å². The van der Waals surface area contributed by atoms with Crippen molar-refractivity contribution in [2.45, 2.75) is 242 Å². The molecule has 4 saturated heterocycles. The zero-order chi connectivity index (χ0) is 97.5. The van der Waals surface area contributed by atoms with E-state index in [1.807, 2.05) is 60.7 Å². The van der Waals surface area contributed by atoms with Gasteiger partial charge < -0.3 is 57.3 Å². The van der Waals surface area contributed by atoms with Gasteiger partial charge in [0.2, 0.25) is 30.1 Å². The van der Waals surface area contributed by atoms with Crippen LogP contribution in [0.4, 0.5) is 0 Å². The number of carbonyl (C=O) groups is 8. The Morgan fingerprint density at radius 2 is 0.657 bits per heavy atom. The fraction of sp³-hybridized carbons (Fsp3) is 0.510. The maximum absolute atomic E-state index is 13.6. The summed E-state index contributed by atoms with van der Waals surface area (Å²) >= 11 is 0. The third-order valence-electron chi connectivity index (χ3n) is 27.4. The van der Waals surface area contributed by atoms with Crippen molar-refractivity contribution >= 4 is 121 Å². The molecule has 742 valence electrons. The number of carboxylic acids is 1. The third-order valence-corrected chi connectivity index (χ3v) is 34.6. The molecule has 4 aliphatic carbocycles. The van der Waals surface area contributed by atoms with Gasteiger partial charge in [0.15, 0.2) is 0 Å². The SMILES string of the molecule is C.CO.COC(=O)c1ccccc1S(=O)(=O)Cl.COC(=O)c1ccccc1S(=O)(=O)N1CCC2(CC1)N=C(C1CCCCC1)NC2=O.NCc1ccccc1.O=C(NCc1ccccc1)c1ccccc1S(=O)(=O)N1CCC2(CC1)N=C(C1CCCCC1)NC2=O.O=C(O)c1ccccc1S(=O)(=O)N1CCC2(CC1)N=C(C1CCCCC1)NC2=O.O=C1NC(C2CCCCC2)=NC12CCNCC2. The fourth-order valence-corrected chi connectivity index (χ4v) is 25.4. The van der Waals surface area contributed by atoms with Crippen molar-refractivity contribution in [3.05, 3.63) is 191 Å². The van der Waals surface area contributed by atoms with Crippen LogP contribution in [-0.2, 0) is 80.9 Å². The Kier molecular flexibility index (Phi) is 37.9. The average molecular weight is 1990 g/mol. The van der Waals surface area contributed by atoms with Crippen LogP contribution >= 0.6 is 10.7 Å². The number of methoxy groups -OCH3 is 2. The summed E-state index contributed by atoms with van der Waals surface area (Å²) in [6.07, 6.45) is 26.7. The second kappa shape index (κ2) is 48.5. The molecule has 6 aromatic carbocycles. The van der Waals surface area contributed by atoms with Gasteiger partial charge in [-0.2, -0.15) is 12.9 Å². The molecule has 0 unspecified atom stereocenters. The van der Waals surface area contributed by atoms with E-state index in [0.717, 1.165) is 139 Å². The van der Waals surface area contributed by atoms with Crippen LogP contribution in [0.1, 0.15) is 240 Å². The number of nitrogens with two attached hydrogens (primary N) is 1. The molecule has 39 heteroatoms. The monoisotopic (exact) mass is 1980 g/mol. The largest absolute Gasteiger partial charge is 0.478 e. The number of aliphatic hydroxyl groups is 1. The zero-order valence-electron chi connectivity index (χ0n) is 77.2. The summed E-state index contributed by atoms with van der Waals surface area (Å²) in [5.74, 6) is 1.38. The molecular formula is C98H129ClN14O20S4. The number of amidine groups is 4. The van der Waals surface area contributed by atoms with Gasteiger partial charge in [0.1, 0.15) is 45.5 Å². The number of ether oxygens (including phenoxy) is 2. The first-order valence-electron chi connectivity index (χ1n) is 46.9. The lowest BCUT2D eigenvalue weighted by molar-refractivity contribution is -0.125. The van der Waals surface area contributed by atoms with Crippen LogP contribution < -0.4 is 37.6 Å². The first kappa shape index (κ1) is 107. The second-order valence-corrected chi connectivity index (χ2v) is 44.1. The molecule has 12 aliphatic rings. The summed E-state index contributed by atoms with van der Waals surface area (Å²) in [6, 6.07) is 42.9. The molecule has 0 radical (unpaired) electrons. The molecule has 18 rings (SSSR count). The van der Waals surface area contributed by atoms with Crippen LogP contribution in [0.3, 0.4) is 0 Å². The minimum absolute atomic E-state index is 0.